The van der Waals surface area contributed by atoms with Gasteiger partial charge < -0.3 is 15.7 Å². The Kier molecular flexibility index (Phi) is 4.54. The first-order chi connectivity index (χ1) is 8.31. The van der Waals surface area contributed by atoms with Crippen LogP contribution in [0.4, 0.5) is 0 Å². The Morgan fingerprint density at radius 3 is 3.18 bits per heavy atom. The summed E-state index contributed by atoms with van der Waals surface area (Å²) in [7, 11) is 0. The van der Waals surface area contributed by atoms with Crippen molar-refractivity contribution in [1.82, 2.24) is 10.6 Å². The fourth-order valence-corrected chi connectivity index (χ4v) is 2.38. The second-order valence-corrected chi connectivity index (χ2v) is 4.71. The summed E-state index contributed by atoms with van der Waals surface area (Å²) in [6, 6.07) is 7.25. The van der Waals surface area contributed by atoms with Gasteiger partial charge in [0.2, 0.25) is 0 Å². The molecule has 0 radical (unpaired) electrons. The van der Waals surface area contributed by atoms with Gasteiger partial charge in [-0.05, 0) is 49.5 Å². The van der Waals surface area contributed by atoms with Gasteiger partial charge in [-0.2, -0.15) is 0 Å². The first kappa shape index (κ1) is 12.6. The minimum Gasteiger partial charge on any atom is -0.396 e. The zero-order valence-electron chi connectivity index (χ0n) is 10.5. The lowest BCUT2D eigenvalue weighted by Crippen LogP contribution is -2.28. The van der Waals surface area contributed by atoms with Gasteiger partial charge in [-0.25, -0.2) is 0 Å². The Balaban J connectivity index is 1.96. The monoisotopic (exact) mass is 234 g/mol. The third-order valence-corrected chi connectivity index (χ3v) is 3.36. The van der Waals surface area contributed by atoms with Crippen LogP contribution in [0.2, 0.25) is 0 Å². The molecule has 1 aliphatic heterocycles. The molecule has 0 saturated carbocycles. The highest BCUT2D eigenvalue weighted by molar-refractivity contribution is 5.35. The Morgan fingerprint density at radius 2 is 2.35 bits per heavy atom. The Hall–Kier alpha value is -0.900. The average molecular weight is 234 g/mol. The lowest BCUT2D eigenvalue weighted by molar-refractivity contribution is 0.286. The van der Waals surface area contributed by atoms with Crippen LogP contribution in [0.25, 0.3) is 0 Å². The fourth-order valence-electron chi connectivity index (χ4n) is 2.38. The van der Waals surface area contributed by atoms with Gasteiger partial charge in [0.1, 0.15) is 0 Å². The quantitative estimate of drug-likeness (QED) is 0.674. The number of rotatable bonds is 5. The van der Waals surface area contributed by atoms with Gasteiger partial charge in [-0.3, -0.25) is 0 Å². The Morgan fingerprint density at radius 1 is 1.47 bits per heavy atom. The van der Waals surface area contributed by atoms with E-state index in [0.29, 0.717) is 6.04 Å². The van der Waals surface area contributed by atoms with Crippen LogP contribution in [0.15, 0.2) is 18.2 Å². The van der Waals surface area contributed by atoms with Gasteiger partial charge in [-0.15, -0.1) is 0 Å². The topological polar surface area (TPSA) is 44.3 Å². The highest BCUT2D eigenvalue weighted by Crippen LogP contribution is 2.23. The smallest absolute Gasteiger partial charge is 0.0443 e. The first-order valence-electron chi connectivity index (χ1n) is 6.48. The second-order valence-electron chi connectivity index (χ2n) is 4.71. The summed E-state index contributed by atoms with van der Waals surface area (Å²) < 4.78 is 0. The van der Waals surface area contributed by atoms with Crippen molar-refractivity contribution >= 4 is 0 Å². The number of fused-ring (bicyclic) bond motifs is 1. The SMILES string of the molecule is CC1NCCc2cc(CNCCCO)ccc21. The highest BCUT2D eigenvalue weighted by atomic mass is 16.3. The van der Waals surface area contributed by atoms with Gasteiger partial charge in [0.15, 0.2) is 0 Å². The van der Waals surface area contributed by atoms with Crippen molar-refractivity contribution < 1.29 is 5.11 Å². The molecule has 1 unspecified atom stereocenters. The summed E-state index contributed by atoms with van der Waals surface area (Å²) in [5, 5.41) is 15.5. The molecule has 1 aromatic rings. The molecule has 1 aliphatic rings. The molecule has 3 N–H and O–H groups in total. The molecule has 94 valence electrons. The second kappa shape index (κ2) is 6.15. The van der Waals surface area contributed by atoms with E-state index in [0.717, 1.165) is 32.5 Å². The normalized spacial score (nSPS) is 19.1. The number of aliphatic hydroxyl groups excluding tert-OH is 1. The minimum atomic E-state index is 0.264. The Labute approximate surface area is 103 Å². The van der Waals surface area contributed by atoms with Crippen molar-refractivity contribution in [1.29, 1.82) is 0 Å². The number of hydrogen-bond acceptors (Lipinski definition) is 3. The fraction of sp³-hybridized carbons (Fsp3) is 0.571. The standard InChI is InChI=1S/C14H22N2O/c1-11-14-4-3-12(10-15-6-2-8-17)9-13(14)5-7-16-11/h3-4,9,11,15-17H,2,5-8,10H2,1H3. The third-order valence-electron chi connectivity index (χ3n) is 3.36. The van der Waals surface area contributed by atoms with Crippen LogP contribution >= 0.6 is 0 Å². The Bertz CT molecular complexity index is 365. The van der Waals surface area contributed by atoms with Gasteiger partial charge in [0.25, 0.3) is 0 Å². The minimum absolute atomic E-state index is 0.264. The van der Waals surface area contributed by atoms with E-state index in [1.54, 1.807) is 0 Å². The van der Waals surface area contributed by atoms with Crippen molar-refractivity contribution in [2.24, 2.45) is 0 Å². The molecule has 3 nitrogen and oxygen atoms in total. The largest absolute Gasteiger partial charge is 0.396 e. The summed E-state index contributed by atoms with van der Waals surface area (Å²) in [6.45, 7) is 5.34. The van der Waals surface area contributed by atoms with E-state index in [2.05, 4.69) is 35.8 Å². The summed E-state index contributed by atoms with van der Waals surface area (Å²) in [6.07, 6.45) is 1.95. The molecule has 0 amide bonds. The summed E-state index contributed by atoms with van der Waals surface area (Å²) in [5.74, 6) is 0. The third kappa shape index (κ3) is 3.28. The molecule has 17 heavy (non-hydrogen) atoms. The zero-order chi connectivity index (χ0) is 12.1. The van der Waals surface area contributed by atoms with Gasteiger partial charge in [0.05, 0.1) is 0 Å². The molecule has 0 saturated heterocycles. The van der Waals surface area contributed by atoms with Crippen molar-refractivity contribution in [2.45, 2.75) is 32.4 Å². The van der Waals surface area contributed by atoms with Gasteiger partial charge >= 0.3 is 0 Å². The molecular weight excluding hydrogens is 212 g/mol. The van der Waals surface area contributed by atoms with Crippen molar-refractivity contribution in [2.75, 3.05) is 19.7 Å². The van der Waals surface area contributed by atoms with Crippen LogP contribution in [-0.4, -0.2) is 24.8 Å². The van der Waals surface area contributed by atoms with E-state index in [-0.39, 0.29) is 6.61 Å². The number of nitrogens with one attached hydrogen (secondary N) is 2. The molecule has 0 bridgehead atoms. The molecular formula is C14H22N2O. The van der Waals surface area contributed by atoms with Crippen LogP contribution in [0, 0.1) is 0 Å². The lowest BCUT2D eigenvalue weighted by Gasteiger charge is -2.24. The average Bonchev–Trinajstić information content (AvgIpc) is 2.35. The van der Waals surface area contributed by atoms with Gasteiger partial charge in [0, 0.05) is 19.2 Å². The van der Waals surface area contributed by atoms with E-state index in [4.69, 9.17) is 5.11 Å². The van der Waals surface area contributed by atoms with E-state index in [9.17, 15) is 0 Å². The molecule has 1 atom stereocenters. The highest BCUT2D eigenvalue weighted by Gasteiger charge is 2.15. The lowest BCUT2D eigenvalue weighted by atomic mass is 9.93. The number of benzene rings is 1. The zero-order valence-corrected chi connectivity index (χ0v) is 10.5. The van der Waals surface area contributed by atoms with Crippen LogP contribution in [0.3, 0.4) is 0 Å². The molecule has 0 aromatic heterocycles. The van der Waals surface area contributed by atoms with Crippen LogP contribution in [-0.2, 0) is 13.0 Å². The maximum absolute atomic E-state index is 8.70. The van der Waals surface area contributed by atoms with E-state index in [1.165, 1.54) is 16.7 Å². The van der Waals surface area contributed by atoms with E-state index < -0.39 is 0 Å². The van der Waals surface area contributed by atoms with Crippen molar-refractivity contribution in [3.63, 3.8) is 0 Å². The van der Waals surface area contributed by atoms with Crippen molar-refractivity contribution in [3.8, 4) is 0 Å². The predicted octanol–water partition coefficient (Wildman–Crippen LogP) is 1.37. The molecule has 2 rings (SSSR count). The molecule has 0 spiro atoms. The number of aliphatic hydroxyl groups is 1. The van der Waals surface area contributed by atoms with E-state index in [1.807, 2.05) is 0 Å². The summed E-state index contributed by atoms with van der Waals surface area (Å²) in [5.41, 5.74) is 4.27. The van der Waals surface area contributed by atoms with Gasteiger partial charge in [-0.1, -0.05) is 18.2 Å². The number of hydrogen-bond donors (Lipinski definition) is 3. The van der Waals surface area contributed by atoms with Crippen LogP contribution in [0.1, 0.15) is 36.1 Å². The van der Waals surface area contributed by atoms with Crippen LogP contribution in [0.5, 0.6) is 0 Å². The maximum atomic E-state index is 8.70. The van der Waals surface area contributed by atoms with E-state index >= 15 is 0 Å². The maximum Gasteiger partial charge on any atom is 0.0443 e. The van der Waals surface area contributed by atoms with Crippen molar-refractivity contribution in [3.05, 3.63) is 34.9 Å². The molecule has 0 aliphatic carbocycles. The molecule has 0 fully saturated rings. The molecule has 1 heterocycles. The predicted molar refractivity (Wildman–Crippen MR) is 70.0 cm³/mol. The first-order valence-corrected chi connectivity index (χ1v) is 6.48. The molecule has 1 aromatic carbocycles. The summed E-state index contributed by atoms with van der Waals surface area (Å²) in [4.78, 5) is 0. The molecule has 3 heteroatoms. The van der Waals surface area contributed by atoms with Crippen LogP contribution < -0.4 is 10.6 Å². The summed E-state index contributed by atoms with van der Waals surface area (Å²) >= 11 is 0.